The Bertz CT molecular complexity index is 411. The summed E-state index contributed by atoms with van der Waals surface area (Å²) in [6, 6.07) is 0. The van der Waals surface area contributed by atoms with E-state index in [0.717, 1.165) is 6.42 Å². The molecule has 118 valence electrons. The van der Waals surface area contributed by atoms with Gasteiger partial charge in [0.05, 0.1) is 13.7 Å². The third-order valence-electron chi connectivity index (χ3n) is 5.39. The fraction of sp³-hybridized carbons (Fsp3) is 0.875. The molecule has 3 atom stereocenters. The Kier molecular flexibility index (Phi) is 4.20. The van der Waals surface area contributed by atoms with Crippen LogP contribution in [0, 0.1) is 17.8 Å². The minimum Gasteiger partial charge on any atom is -0.467 e. The number of carbonyl (C=O) groups excluding carboxylic acids is 2. The molecule has 21 heavy (non-hydrogen) atoms. The first-order chi connectivity index (χ1) is 10.2. The average molecular weight is 295 g/mol. The van der Waals surface area contributed by atoms with Crippen LogP contribution in [-0.4, -0.2) is 37.7 Å². The zero-order valence-electron chi connectivity index (χ0n) is 12.7. The summed E-state index contributed by atoms with van der Waals surface area (Å²) >= 11 is 0. The molecule has 3 rings (SSSR count). The monoisotopic (exact) mass is 295 g/mol. The predicted molar refractivity (Wildman–Crippen MR) is 76.5 cm³/mol. The van der Waals surface area contributed by atoms with Crippen LogP contribution in [-0.2, 0) is 19.1 Å². The van der Waals surface area contributed by atoms with Gasteiger partial charge in [0.25, 0.3) is 0 Å². The van der Waals surface area contributed by atoms with Crippen molar-refractivity contribution in [3.63, 3.8) is 0 Å². The predicted octanol–water partition coefficient (Wildman–Crippen LogP) is 1.65. The van der Waals surface area contributed by atoms with Crippen molar-refractivity contribution >= 4 is 11.9 Å². The van der Waals surface area contributed by atoms with E-state index >= 15 is 0 Å². The maximum Gasteiger partial charge on any atom is 0.334 e. The molecule has 1 aliphatic heterocycles. The molecule has 5 heteroatoms. The van der Waals surface area contributed by atoms with Crippen molar-refractivity contribution in [2.24, 2.45) is 17.8 Å². The van der Waals surface area contributed by atoms with Gasteiger partial charge in [-0.1, -0.05) is 32.1 Å². The summed E-state index contributed by atoms with van der Waals surface area (Å²) in [7, 11) is 1.36. The third-order valence-corrected chi connectivity index (χ3v) is 5.39. The summed E-state index contributed by atoms with van der Waals surface area (Å²) in [5.41, 5.74) is -0.953. The highest BCUT2D eigenvalue weighted by Gasteiger charge is 2.52. The molecular formula is C16H25NO4. The zero-order valence-corrected chi connectivity index (χ0v) is 12.7. The fourth-order valence-electron chi connectivity index (χ4n) is 4.00. The highest BCUT2D eigenvalue weighted by atomic mass is 16.5. The van der Waals surface area contributed by atoms with E-state index in [4.69, 9.17) is 9.47 Å². The van der Waals surface area contributed by atoms with Crippen LogP contribution in [0.3, 0.4) is 0 Å². The molecule has 3 fully saturated rings. The molecule has 0 aromatic rings. The summed E-state index contributed by atoms with van der Waals surface area (Å²) in [4.78, 5) is 24.4. The van der Waals surface area contributed by atoms with Gasteiger partial charge in [-0.25, -0.2) is 4.79 Å². The van der Waals surface area contributed by atoms with Crippen LogP contribution in [0.25, 0.3) is 0 Å². The quantitative estimate of drug-likeness (QED) is 0.801. The molecule has 2 aliphatic carbocycles. The summed E-state index contributed by atoms with van der Waals surface area (Å²) in [5.74, 6) is 0.964. The Balaban J connectivity index is 1.57. The number of nitrogens with one attached hydrogen (secondary N) is 1. The fourth-order valence-corrected chi connectivity index (χ4v) is 4.00. The molecule has 3 aliphatic rings. The van der Waals surface area contributed by atoms with Crippen LogP contribution in [0.2, 0.25) is 0 Å². The maximum atomic E-state index is 12.5. The van der Waals surface area contributed by atoms with Gasteiger partial charge in [-0.05, 0) is 18.3 Å². The van der Waals surface area contributed by atoms with Gasteiger partial charge in [-0.2, -0.15) is 0 Å². The van der Waals surface area contributed by atoms with E-state index in [0.29, 0.717) is 24.9 Å². The first-order valence-electron chi connectivity index (χ1n) is 8.14. The molecule has 0 aromatic heterocycles. The van der Waals surface area contributed by atoms with Gasteiger partial charge in [0.15, 0.2) is 5.54 Å². The molecule has 1 N–H and O–H groups in total. The Morgan fingerprint density at radius 3 is 2.62 bits per heavy atom. The van der Waals surface area contributed by atoms with Crippen LogP contribution in [0.4, 0.5) is 0 Å². The number of hydrogen-bond donors (Lipinski definition) is 1. The second kappa shape index (κ2) is 5.95. The van der Waals surface area contributed by atoms with E-state index in [9.17, 15) is 9.59 Å². The van der Waals surface area contributed by atoms with Gasteiger partial charge in [0.1, 0.15) is 0 Å². The molecular weight excluding hydrogens is 270 g/mol. The lowest BCUT2D eigenvalue weighted by Crippen LogP contribution is -2.56. The minimum atomic E-state index is -0.953. The van der Waals surface area contributed by atoms with Gasteiger partial charge >= 0.3 is 5.97 Å². The number of methoxy groups -OCH3 is 1. The highest BCUT2D eigenvalue weighted by Crippen LogP contribution is 2.49. The SMILES string of the molecule is COC(=O)[C@]1(NC(=O)[C@H]2C[C@H]2C2CCCCC2)CCOC1. The summed E-state index contributed by atoms with van der Waals surface area (Å²) in [5, 5.41) is 2.94. The lowest BCUT2D eigenvalue weighted by atomic mass is 9.85. The van der Waals surface area contributed by atoms with E-state index in [2.05, 4.69) is 5.32 Å². The first-order valence-corrected chi connectivity index (χ1v) is 8.14. The van der Waals surface area contributed by atoms with Crippen LogP contribution in [0.5, 0.6) is 0 Å². The van der Waals surface area contributed by atoms with E-state index in [-0.39, 0.29) is 24.4 Å². The van der Waals surface area contributed by atoms with E-state index in [1.54, 1.807) is 0 Å². The van der Waals surface area contributed by atoms with Crippen molar-refractivity contribution in [2.75, 3.05) is 20.3 Å². The van der Waals surface area contributed by atoms with Crippen molar-refractivity contribution in [2.45, 2.75) is 50.5 Å². The molecule has 0 aromatic carbocycles. The number of amides is 1. The lowest BCUT2D eigenvalue weighted by molar-refractivity contribution is -0.151. The molecule has 0 unspecified atom stereocenters. The Morgan fingerprint density at radius 1 is 1.24 bits per heavy atom. The summed E-state index contributed by atoms with van der Waals surface area (Å²) < 4.78 is 10.2. The number of carbonyl (C=O) groups is 2. The minimum absolute atomic E-state index is 0.0153. The molecule has 1 heterocycles. The van der Waals surface area contributed by atoms with Gasteiger partial charge in [-0.3, -0.25) is 4.79 Å². The normalized spacial score (nSPS) is 36.2. The van der Waals surface area contributed by atoms with Gasteiger partial charge < -0.3 is 14.8 Å². The molecule has 5 nitrogen and oxygen atoms in total. The van der Waals surface area contributed by atoms with Crippen molar-refractivity contribution < 1.29 is 19.1 Å². The van der Waals surface area contributed by atoms with Crippen molar-refractivity contribution in [3.8, 4) is 0 Å². The van der Waals surface area contributed by atoms with E-state index in [1.807, 2.05) is 0 Å². The number of esters is 1. The van der Waals surface area contributed by atoms with E-state index < -0.39 is 5.54 Å². The number of hydrogen-bond acceptors (Lipinski definition) is 4. The average Bonchev–Trinajstić information content (AvgIpc) is 3.20. The summed E-state index contributed by atoms with van der Waals surface area (Å²) in [6.45, 7) is 0.721. The largest absolute Gasteiger partial charge is 0.467 e. The molecule has 0 radical (unpaired) electrons. The number of rotatable bonds is 4. The molecule has 0 spiro atoms. The molecule has 1 amide bonds. The first kappa shape index (κ1) is 14.8. The topological polar surface area (TPSA) is 64.6 Å². The Morgan fingerprint density at radius 2 is 2.00 bits per heavy atom. The maximum absolute atomic E-state index is 12.5. The smallest absolute Gasteiger partial charge is 0.334 e. The molecule has 1 saturated heterocycles. The molecule has 2 saturated carbocycles. The van der Waals surface area contributed by atoms with Crippen molar-refractivity contribution in [1.82, 2.24) is 5.32 Å². The number of ether oxygens (including phenoxy) is 2. The highest BCUT2D eigenvalue weighted by molar-refractivity contribution is 5.90. The van der Waals surface area contributed by atoms with Crippen molar-refractivity contribution in [3.05, 3.63) is 0 Å². The lowest BCUT2D eigenvalue weighted by Gasteiger charge is -2.26. The van der Waals surface area contributed by atoms with Gasteiger partial charge in [0, 0.05) is 18.9 Å². The van der Waals surface area contributed by atoms with Crippen molar-refractivity contribution in [1.29, 1.82) is 0 Å². The summed E-state index contributed by atoms with van der Waals surface area (Å²) in [6.07, 6.45) is 7.95. The zero-order chi connectivity index (χ0) is 14.9. The Hall–Kier alpha value is -1.10. The Labute approximate surface area is 125 Å². The van der Waals surface area contributed by atoms with Gasteiger partial charge in [0.2, 0.25) is 5.91 Å². The van der Waals surface area contributed by atoms with Gasteiger partial charge in [-0.15, -0.1) is 0 Å². The second-order valence-corrected chi connectivity index (χ2v) is 6.77. The third kappa shape index (κ3) is 2.93. The van der Waals surface area contributed by atoms with Crippen LogP contribution in [0.15, 0.2) is 0 Å². The van der Waals surface area contributed by atoms with E-state index in [1.165, 1.54) is 39.2 Å². The second-order valence-electron chi connectivity index (χ2n) is 6.77. The van der Waals surface area contributed by atoms with Crippen LogP contribution < -0.4 is 5.32 Å². The standard InChI is InChI=1S/C16H25NO4/c1-20-15(19)16(7-8-21-10-16)17-14(18)13-9-12(13)11-5-3-2-4-6-11/h11-13H,2-10H2,1H3,(H,17,18)/t12-,13-,16-/m0/s1. The molecule has 0 bridgehead atoms. The van der Waals surface area contributed by atoms with Crippen LogP contribution >= 0.6 is 0 Å². The van der Waals surface area contributed by atoms with Crippen LogP contribution in [0.1, 0.15) is 44.9 Å².